The maximum atomic E-state index is 13.1. The fourth-order valence-corrected chi connectivity index (χ4v) is 16.7. The van der Waals surface area contributed by atoms with E-state index in [-0.39, 0.29) is 38.2 Å². The number of rotatable bonds is 18. The van der Waals surface area contributed by atoms with E-state index in [0.29, 0.717) is 50.2 Å². The molecular weight excluding hydrogens is 1270 g/mol. The summed E-state index contributed by atoms with van der Waals surface area (Å²) in [7, 11) is -11.2. The standard InChI is InChI=1S/C25H27N3O3S.2C24H26N4O3S/c29-25(28-15-13-27(14-16-28)17-19-6-7-19)22-10-8-20(9-11-22)18-32(30,31)23-5-1-3-21-4-2-12-26-24(21)23;2*29-24(28-15-13-27(14-16-28)17-18-6-7-18)20-8-10-21(11-9-20)26-32(30,31)22-5-1-3-19-4-2-12-25-23(19)22/h1-5,8-12,19H,6-7,13-18H2;2*1-5,8-12,18,26H,6-7,13-17H2. The van der Waals surface area contributed by atoms with Gasteiger partial charge in [-0.15, -0.1) is 0 Å². The Morgan fingerprint density at radius 3 is 0.969 bits per heavy atom. The van der Waals surface area contributed by atoms with Crippen molar-refractivity contribution in [3.63, 3.8) is 0 Å². The number of amides is 3. The molecule has 15 rings (SSSR count). The van der Waals surface area contributed by atoms with Crippen LogP contribution in [-0.4, -0.2) is 185 Å². The molecule has 3 aliphatic carbocycles. The third kappa shape index (κ3) is 16.4. The van der Waals surface area contributed by atoms with E-state index in [4.69, 9.17) is 0 Å². The van der Waals surface area contributed by atoms with Crippen LogP contribution in [0.4, 0.5) is 11.4 Å². The predicted octanol–water partition coefficient (Wildman–Crippen LogP) is 9.78. The van der Waals surface area contributed by atoms with Crippen molar-refractivity contribution in [2.75, 3.05) is 108 Å². The van der Waals surface area contributed by atoms with Gasteiger partial charge in [0.25, 0.3) is 37.8 Å². The van der Waals surface area contributed by atoms with Crippen molar-refractivity contribution in [2.24, 2.45) is 17.8 Å². The highest BCUT2D eigenvalue weighted by Crippen LogP contribution is 2.33. The van der Waals surface area contributed by atoms with Crippen molar-refractivity contribution in [3.8, 4) is 0 Å². The number of para-hydroxylation sites is 3. The summed E-state index contributed by atoms with van der Waals surface area (Å²) in [5.74, 6) is 2.45. The van der Waals surface area contributed by atoms with Gasteiger partial charge in [-0.2, -0.15) is 0 Å². The molecule has 0 unspecified atom stereocenters. The molecule has 6 aromatic carbocycles. The Balaban J connectivity index is 0.000000130. The Hall–Kier alpha value is -8.71. The second-order valence-electron chi connectivity index (χ2n) is 25.9. The van der Waals surface area contributed by atoms with Gasteiger partial charge in [0.1, 0.15) is 9.79 Å². The first-order valence-electron chi connectivity index (χ1n) is 33.1. The van der Waals surface area contributed by atoms with Gasteiger partial charge < -0.3 is 14.7 Å². The molecule has 2 N–H and O–H groups in total. The van der Waals surface area contributed by atoms with E-state index < -0.39 is 29.9 Å². The number of hydrogen-bond acceptors (Lipinski definition) is 15. The minimum Gasteiger partial charge on any atom is -0.336 e. The second-order valence-corrected chi connectivity index (χ2v) is 31.2. The zero-order valence-corrected chi connectivity index (χ0v) is 56.0. The number of carbonyl (C=O) groups excluding carboxylic acids is 3. The fraction of sp³-hybridized carbons (Fsp3) is 0.342. The van der Waals surface area contributed by atoms with E-state index >= 15 is 0 Å². The monoisotopic (exact) mass is 1350 g/mol. The zero-order valence-electron chi connectivity index (χ0n) is 53.5. The van der Waals surface area contributed by atoms with Crippen LogP contribution >= 0.6 is 0 Å². The molecule has 96 heavy (non-hydrogen) atoms. The SMILES string of the molecule is O=C(c1ccc(CS(=O)(=O)c2cccc3cccnc23)cc1)N1CCN(CC2CC2)CC1.O=C(c1ccc(NS(=O)(=O)c2cccc3cccnc23)cc1)N1CCN(CC2CC2)CC1.O=C(c1ccc(NS(=O)(=O)c2cccc3cccnc23)cc1)N1CCN(CC2CC2)CC1. The summed E-state index contributed by atoms with van der Waals surface area (Å²) in [4.78, 5) is 64.8. The highest BCUT2D eigenvalue weighted by molar-refractivity contribution is 7.93. The average Bonchev–Trinajstić information content (AvgIpc) is 1.37. The van der Waals surface area contributed by atoms with Gasteiger partial charge in [-0.05, 0) is 159 Å². The number of nitrogens with one attached hydrogen (secondary N) is 2. The van der Waals surface area contributed by atoms with Crippen LogP contribution in [0.2, 0.25) is 0 Å². The van der Waals surface area contributed by atoms with Crippen LogP contribution in [0.5, 0.6) is 0 Å². The lowest BCUT2D eigenvalue weighted by Gasteiger charge is -2.34. The molecule has 3 aliphatic heterocycles. The molecule has 3 amide bonds. The molecule has 23 heteroatoms. The van der Waals surface area contributed by atoms with E-state index in [1.807, 2.05) is 51.1 Å². The van der Waals surface area contributed by atoms with Crippen molar-refractivity contribution in [2.45, 2.75) is 59.0 Å². The van der Waals surface area contributed by atoms with E-state index in [1.54, 1.807) is 146 Å². The van der Waals surface area contributed by atoms with Crippen LogP contribution in [-0.2, 0) is 35.6 Å². The van der Waals surface area contributed by atoms with Crippen molar-refractivity contribution < 1.29 is 39.6 Å². The van der Waals surface area contributed by atoms with E-state index in [0.717, 1.165) is 132 Å². The Labute approximate surface area is 561 Å². The van der Waals surface area contributed by atoms with Crippen molar-refractivity contribution >= 4 is 91.7 Å². The van der Waals surface area contributed by atoms with Gasteiger partial charge in [0, 0.05) is 161 Å². The first-order valence-corrected chi connectivity index (χ1v) is 37.7. The summed E-state index contributed by atoms with van der Waals surface area (Å²) in [6.45, 7) is 13.4. The van der Waals surface area contributed by atoms with Gasteiger partial charge in [0.15, 0.2) is 9.84 Å². The van der Waals surface area contributed by atoms with Crippen LogP contribution in [0.25, 0.3) is 32.7 Å². The molecule has 0 atom stereocenters. The summed E-state index contributed by atoms with van der Waals surface area (Å²) < 4.78 is 83.2. The molecule has 6 heterocycles. The third-order valence-electron chi connectivity index (χ3n) is 18.6. The Morgan fingerprint density at radius 1 is 0.354 bits per heavy atom. The molecule has 6 aliphatic rings. The number of aromatic nitrogens is 3. The van der Waals surface area contributed by atoms with Gasteiger partial charge in [-0.25, -0.2) is 25.3 Å². The molecular formula is C73H79N11O9S3. The van der Waals surface area contributed by atoms with E-state index in [2.05, 4.69) is 39.1 Å². The lowest BCUT2D eigenvalue weighted by Crippen LogP contribution is -2.49. The van der Waals surface area contributed by atoms with Gasteiger partial charge in [0.05, 0.1) is 27.2 Å². The summed E-state index contributed by atoms with van der Waals surface area (Å²) in [5, 5.41) is 2.31. The average molecular weight is 1350 g/mol. The van der Waals surface area contributed by atoms with Gasteiger partial charge in [0.2, 0.25) is 0 Å². The zero-order chi connectivity index (χ0) is 66.4. The lowest BCUT2D eigenvalue weighted by molar-refractivity contribution is 0.0625. The van der Waals surface area contributed by atoms with Crippen molar-refractivity contribution in [1.82, 2.24) is 44.4 Å². The molecule has 498 valence electrons. The molecule has 3 saturated heterocycles. The number of anilines is 2. The summed E-state index contributed by atoms with van der Waals surface area (Å²) in [6.07, 6.45) is 12.8. The predicted molar refractivity (Wildman–Crippen MR) is 372 cm³/mol. The lowest BCUT2D eigenvalue weighted by atomic mass is 10.1. The number of nitrogens with zero attached hydrogens (tertiary/aromatic N) is 9. The molecule has 6 fully saturated rings. The molecule has 0 radical (unpaired) electrons. The van der Waals surface area contributed by atoms with Crippen LogP contribution in [0.15, 0.2) is 197 Å². The first-order chi connectivity index (χ1) is 46.5. The van der Waals surface area contributed by atoms with Gasteiger partial charge in [-0.3, -0.25) is 53.5 Å². The molecule has 3 saturated carbocycles. The largest absolute Gasteiger partial charge is 0.336 e. The molecule has 20 nitrogen and oxygen atoms in total. The van der Waals surface area contributed by atoms with E-state index in [1.165, 1.54) is 38.5 Å². The second kappa shape index (κ2) is 28.9. The number of pyridine rings is 3. The number of piperazine rings is 3. The molecule has 9 aromatic rings. The van der Waals surface area contributed by atoms with Crippen LogP contribution in [0.1, 0.15) is 75.2 Å². The highest BCUT2D eigenvalue weighted by atomic mass is 32.2. The van der Waals surface area contributed by atoms with Crippen molar-refractivity contribution in [1.29, 1.82) is 0 Å². The summed E-state index contributed by atoms with van der Waals surface area (Å²) >= 11 is 0. The Morgan fingerprint density at radius 2 is 0.646 bits per heavy atom. The summed E-state index contributed by atoms with van der Waals surface area (Å²) in [5.41, 5.74) is 4.54. The normalized spacial score (nSPS) is 17.5. The number of sulfone groups is 1. The number of fused-ring (bicyclic) bond motifs is 3. The van der Waals surface area contributed by atoms with Gasteiger partial charge in [-0.1, -0.05) is 66.7 Å². The number of benzene rings is 6. The molecule has 3 aromatic heterocycles. The maximum absolute atomic E-state index is 13.1. The van der Waals surface area contributed by atoms with Crippen LogP contribution in [0.3, 0.4) is 0 Å². The first kappa shape index (κ1) is 65.9. The highest BCUT2D eigenvalue weighted by Gasteiger charge is 2.32. The third-order valence-corrected chi connectivity index (χ3v) is 23.2. The number of carbonyl (C=O) groups is 3. The fourth-order valence-electron chi connectivity index (χ4n) is 12.7. The number of sulfonamides is 2. The minimum atomic E-state index is -3.82. The maximum Gasteiger partial charge on any atom is 0.264 e. The topological polar surface area (TPSA) is 236 Å². The minimum absolute atomic E-state index is 0.0104. The smallest absolute Gasteiger partial charge is 0.264 e. The van der Waals surface area contributed by atoms with Crippen molar-refractivity contribution in [3.05, 3.63) is 205 Å². The number of hydrogen-bond donors (Lipinski definition) is 2. The Kier molecular flexibility index (Phi) is 19.9. The van der Waals surface area contributed by atoms with Gasteiger partial charge >= 0.3 is 0 Å². The van der Waals surface area contributed by atoms with Crippen LogP contribution < -0.4 is 9.44 Å². The molecule has 0 spiro atoms. The summed E-state index contributed by atoms with van der Waals surface area (Å²) in [6, 6.07) is 46.4. The molecule has 0 bridgehead atoms. The quantitative estimate of drug-likeness (QED) is 0.0813. The van der Waals surface area contributed by atoms with Crippen LogP contribution in [0, 0.1) is 17.8 Å². The Bertz CT molecular complexity index is 4140. The van der Waals surface area contributed by atoms with E-state index in [9.17, 15) is 39.6 Å².